The number of methoxy groups -OCH3 is 1. The number of oxazole rings is 1. The van der Waals surface area contributed by atoms with Crippen molar-refractivity contribution in [1.29, 1.82) is 0 Å². The highest BCUT2D eigenvalue weighted by Gasteiger charge is 2.07. The van der Waals surface area contributed by atoms with E-state index in [0.717, 1.165) is 16.9 Å². The molecule has 1 heterocycles. The van der Waals surface area contributed by atoms with E-state index in [9.17, 15) is 9.59 Å². The molecule has 3 rings (SSSR count). The molecule has 0 saturated carbocycles. The summed E-state index contributed by atoms with van der Waals surface area (Å²) in [7, 11) is 1.62. The van der Waals surface area contributed by atoms with Gasteiger partial charge < -0.3 is 14.5 Å². The Balaban J connectivity index is 1.55. The summed E-state index contributed by atoms with van der Waals surface area (Å²) in [5.41, 5.74) is 3.01. The van der Waals surface area contributed by atoms with Gasteiger partial charge in [-0.3, -0.25) is 9.78 Å². The topological polar surface area (TPSA) is 84.3 Å². The maximum atomic E-state index is 12.0. The number of benzene rings is 2. The van der Waals surface area contributed by atoms with E-state index in [2.05, 4.69) is 10.3 Å². The summed E-state index contributed by atoms with van der Waals surface area (Å²) in [5, 5.41) is 2.87. The SMILES string of the molecule is COc1ccccc1CCC(=O)NCc1ccc2[nH]c(=O)oc2c1. The van der Waals surface area contributed by atoms with Crippen LogP contribution in [0.2, 0.25) is 0 Å². The van der Waals surface area contributed by atoms with Crippen molar-refractivity contribution in [2.24, 2.45) is 0 Å². The molecular formula is C18H18N2O4. The van der Waals surface area contributed by atoms with Gasteiger partial charge in [0.05, 0.1) is 12.6 Å². The van der Waals surface area contributed by atoms with E-state index in [1.165, 1.54) is 0 Å². The molecule has 0 aliphatic carbocycles. The van der Waals surface area contributed by atoms with Crippen LogP contribution < -0.4 is 15.8 Å². The Morgan fingerprint density at radius 2 is 2.08 bits per heavy atom. The molecule has 0 radical (unpaired) electrons. The summed E-state index contributed by atoms with van der Waals surface area (Å²) in [5.74, 6) is 0.262. The van der Waals surface area contributed by atoms with Gasteiger partial charge in [-0.15, -0.1) is 0 Å². The van der Waals surface area contributed by atoms with Crippen molar-refractivity contribution in [2.45, 2.75) is 19.4 Å². The number of nitrogens with one attached hydrogen (secondary N) is 2. The van der Waals surface area contributed by atoms with Crippen molar-refractivity contribution >= 4 is 17.0 Å². The summed E-state index contributed by atoms with van der Waals surface area (Å²) in [6.45, 7) is 0.385. The van der Waals surface area contributed by atoms with Gasteiger partial charge in [-0.25, -0.2) is 4.79 Å². The Bertz CT molecular complexity index is 911. The van der Waals surface area contributed by atoms with E-state index in [1.807, 2.05) is 30.3 Å². The van der Waals surface area contributed by atoms with Crippen LogP contribution in [0.25, 0.3) is 11.1 Å². The number of H-pyrrole nitrogens is 1. The molecule has 1 amide bonds. The van der Waals surface area contributed by atoms with Gasteiger partial charge >= 0.3 is 5.76 Å². The second-order valence-corrected chi connectivity index (χ2v) is 5.43. The van der Waals surface area contributed by atoms with Crippen molar-refractivity contribution in [3.63, 3.8) is 0 Å². The fourth-order valence-corrected chi connectivity index (χ4v) is 2.55. The smallest absolute Gasteiger partial charge is 0.417 e. The molecule has 0 atom stereocenters. The van der Waals surface area contributed by atoms with Crippen LogP contribution in [0.5, 0.6) is 5.75 Å². The number of hydrogen-bond acceptors (Lipinski definition) is 4. The molecule has 0 saturated heterocycles. The monoisotopic (exact) mass is 326 g/mol. The average Bonchev–Trinajstić information content (AvgIpc) is 2.97. The first kappa shape index (κ1) is 15.9. The van der Waals surface area contributed by atoms with E-state index in [4.69, 9.17) is 9.15 Å². The predicted octanol–water partition coefficient (Wildman–Crippen LogP) is 2.38. The van der Waals surface area contributed by atoms with Crippen molar-refractivity contribution < 1.29 is 13.9 Å². The first-order valence-electron chi connectivity index (χ1n) is 7.66. The number of aromatic amines is 1. The van der Waals surface area contributed by atoms with Crippen LogP contribution in [0.4, 0.5) is 0 Å². The van der Waals surface area contributed by atoms with Crippen LogP contribution in [0.15, 0.2) is 51.7 Å². The van der Waals surface area contributed by atoms with Gasteiger partial charge in [0.1, 0.15) is 5.75 Å². The number of rotatable bonds is 6. The lowest BCUT2D eigenvalue weighted by atomic mass is 10.1. The highest BCUT2D eigenvalue weighted by atomic mass is 16.5. The van der Waals surface area contributed by atoms with Gasteiger partial charge in [0.25, 0.3) is 0 Å². The second kappa shape index (κ2) is 7.04. The van der Waals surface area contributed by atoms with Gasteiger partial charge in [0.2, 0.25) is 5.91 Å². The number of hydrogen-bond donors (Lipinski definition) is 2. The molecule has 0 aliphatic rings. The van der Waals surface area contributed by atoms with Crippen LogP contribution in [0.3, 0.4) is 0 Å². The number of carbonyl (C=O) groups excluding carboxylic acids is 1. The molecule has 0 bridgehead atoms. The zero-order valence-corrected chi connectivity index (χ0v) is 13.3. The molecule has 24 heavy (non-hydrogen) atoms. The quantitative estimate of drug-likeness (QED) is 0.728. The zero-order chi connectivity index (χ0) is 16.9. The standard InChI is InChI=1S/C18H18N2O4/c1-23-15-5-3-2-4-13(15)7-9-17(21)19-11-12-6-8-14-16(10-12)24-18(22)20-14/h2-6,8,10H,7,9,11H2,1H3,(H,19,21)(H,20,22). The molecule has 2 aromatic carbocycles. The molecule has 124 valence electrons. The van der Waals surface area contributed by atoms with Crippen molar-refractivity contribution in [3.8, 4) is 5.75 Å². The maximum absolute atomic E-state index is 12.0. The first-order valence-corrected chi connectivity index (χ1v) is 7.66. The third-order valence-electron chi connectivity index (χ3n) is 3.79. The minimum atomic E-state index is -0.483. The number of carbonyl (C=O) groups is 1. The molecule has 6 nitrogen and oxygen atoms in total. The zero-order valence-electron chi connectivity index (χ0n) is 13.3. The average molecular weight is 326 g/mol. The van der Waals surface area contributed by atoms with E-state index >= 15 is 0 Å². The molecule has 2 N–H and O–H groups in total. The minimum absolute atomic E-state index is 0.0449. The van der Waals surface area contributed by atoms with Crippen LogP contribution in [0.1, 0.15) is 17.5 Å². The number of ether oxygens (including phenoxy) is 1. The Labute approximate surface area is 138 Å². The fourth-order valence-electron chi connectivity index (χ4n) is 2.55. The van der Waals surface area contributed by atoms with E-state index in [1.54, 1.807) is 19.2 Å². The number of aromatic nitrogens is 1. The van der Waals surface area contributed by atoms with E-state index < -0.39 is 5.76 Å². The highest BCUT2D eigenvalue weighted by Crippen LogP contribution is 2.18. The largest absolute Gasteiger partial charge is 0.496 e. The molecule has 6 heteroatoms. The van der Waals surface area contributed by atoms with Crippen molar-refractivity contribution in [3.05, 3.63) is 64.1 Å². The first-order chi connectivity index (χ1) is 11.7. The summed E-state index contributed by atoms with van der Waals surface area (Å²) in [4.78, 5) is 25.7. The van der Waals surface area contributed by atoms with Crippen molar-refractivity contribution in [1.82, 2.24) is 10.3 Å². The van der Waals surface area contributed by atoms with Gasteiger partial charge in [-0.2, -0.15) is 0 Å². The maximum Gasteiger partial charge on any atom is 0.417 e. The second-order valence-electron chi connectivity index (χ2n) is 5.43. The van der Waals surface area contributed by atoms with Gasteiger partial charge in [0, 0.05) is 13.0 Å². The molecule has 0 fully saturated rings. The third-order valence-corrected chi connectivity index (χ3v) is 3.79. The van der Waals surface area contributed by atoms with Gasteiger partial charge in [0.15, 0.2) is 5.58 Å². The van der Waals surface area contributed by atoms with E-state index in [-0.39, 0.29) is 5.91 Å². The summed E-state index contributed by atoms with van der Waals surface area (Å²) in [6.07, 6.45) is 0.990. The molecule has 3 aromatic rings. The molecule has 0 spiro atoms. The van der Waals surface area contributed by atoms with Gasteiger partial charge in [-0.1, -0.05) is 24.3 Å². The predicted molar refractivity (Wildman–Crippen MR) is 90.0 cm³/mol. The Kier molecular flexibility index (Phi) is 4.65. The Morgan fingerprint density at radius 3 is 2.92 bits per heavy atom. The molecule has 0 aliphatic heterocycles. The lowest BCUT2D eigenvalue weighted by Gasteiger charge is -2.08. The van der Waals surface area contributed by atoms with Gasteiger partial charge in [-0.05, 0) is 35.7 Å². The van der Waals surface area contributed by atoms with Crippen molar-refractivity contribution in [2.75, 3.05) is 7.11 Å². The highest BCUT2D eigenvalue weighted by molar-refractivity contribution is 5.77. The summed E-state index contributed by atoms with van der Waals surface area (Å²) >= 11 is 0. The van der Waals surface area contributed by atoms with Crippen LogP contribution in [0, 0.1) is 0 Å². The van der Waals surface area contributed by atoms with Crippen LogP contribution in [-0.4, -0.2) is 18.0 Å². The Morgan fingerprint density at radius 1 is 1.25 bits per heavy atom. The lowest BCUT2D eigenvalue weighted by molar-refractivity contribution is -0.121. The fraction of sp³-hybridized carbons (Fsp3) is 0.222. The number of aryl methyl sites for hydroxylation is 1. The molecular weight excluding hydrogens is 308 g/mol. The van der Waals surface area contributed by atoms with E-state index in [0.29, 0.717) is 30.5 Å². The Hall–Kier alpha value is -3.02. The number of amides is 1. The molecule has 0 unspecified atom stereocenters. The van der Waals surface area contributed by atoms with Crippen LogP contribution >= 0.6 is 0 Å². The normalized spacial score (nSPS) is 10.7. The third kappa shape index (κ3) is 3.65. The number of fused-ring (bicyclic) bond motifs is 1. The lowest BCUT2D eigenvalue weighted by Crippen LogP contribution is -2.23. The molecule has 1 aromatic heterocycles. The minimum Gasteiger partial charge on any atom is -0.496 e. The summed E-state index contributed by atoms with van der Waals surface area (Å²) in [6, 6.07) is 13.0. The number of para-hydroxylation sites is 1. The van der Waals surface area contributed by atoms with Crippen LogP contribution in [-0.2, 0) is 17.8 Å². The summed E-state index contributed by atoms with van der Waals surface area (Å²) < 4.78 is 10.3.